The van der Waals surface area contributed by atoms with E-state index in [2.05, 4.69) is 0 Å². The number of nitrogens with two attached hydrogens (primary N) is 1. The lowest BCUT2D eigenvalue weighted by Gasteiger charge is -2.35. The van der Waals surface area contributed by atoms with E-state index in [-0.39, 0.29) is 35.4 Å². The van der Waals surface area contributed by atoms with Gasteiger partial charge >= 0.3 is 0 Å². The molecule has 0 bridgehead atoms. The van der Waals surface area contributed by atoms with Crippen LogP contribution in [0.15, 0.2) is 53.4 Å². The molecule has 4 rings (SSSR count). The Labute approximate surface area is 210 Å². The van der Waals surface area contributed by atoms with E-state index in [0.29, 0.717) is 5.02 Å². The van der Waals surface area contributed by atoms with Crippen LogP contribution in [0.5, 0.6) is 0 Å². The number of nitrogens with zero attached hydrogens (tertiary/aromatic N) is 2. The van der Waals surface area contributed by atoms with Crippen LogP contribution in [0, 0.1) is 0 Å². The Kier molecular flexibility index (Phi) is 7.59. The highest BCUT2D eigenvalue weighted by Crippen LogP contribution is 2.31. The number of imide groups is 1. The molecule has 2 fully saturated rings. The summed E-state index contributed by atoms with van der Waals surface area (Å²) >= 11 is 5.98. The van der Waals surface area contributed by atoms with Gasteiger partial charge in [0.1, 0.15) is 6.04 Å². The van der Waals surface area contributed by atoms with Gasteiger partial charge in [0, 0.05) is 11.1 Å². The number of anilines is 1. The molecule has 2 aliphatic rings. The molecule has 0 aromatic heterocycles. The summed E-state index contributed by atoms with van der Waals surface area (Å²) in [7, 11) is -3.91. The zero-order valence-corrected chi connectivity index (χ0v) is 20.8. The molecule has 10 heteroatoms. The topological polar surface area (TPSA) is 118 Å². The van der Waals surface area contributed by atoms with Crippen molar-refractivity contribution in [2.75, 3.05) is 4.90 Å². The summed E-state index contributed by atoms with van der Waals surface area (Å²) in [5.74, 6) is -1.11. The third-order valence-corrected chi connectivity index (χ3v) is 7.84. The van der Waals surface area contributed by atoms with Crippen LogP contribution in [0.3, 0.4) is 0 Å². The number of hydrogen-bond donors (Lipinski definition) is 1. The summed E-state index contributed by atoms with van der Waals surface area (Å²) in [6.45, 7) is 0. The van der Waals surface area contributed by atoms with Gasteiger partial charge in [-0.1, -0.05) is 49.4 Å². The summed E-state index contributed by atoms with van der Waals surface area (Å²) in [5, 5.41) is 5.72. The first-order valence-corrected chi connectivity index (χ1v) is 13.6. The molecule has 1 heterocycles. The molecular weight excluding hydrogens is 490 g/mol. The Balaban J connectivity index is 1.62. The molecular formula is C25H28ClN3O5S. The summed E-state index contributed by atoms with van der Waals surface area (Å²) in [5.41, 5.74) is 1.03. The number of carbonyl (C=O) groups excluding carboxylic acids is 3. The van der Waals surface area contributed by atoms with Gasteiger partial charge in [-0.05, 0) is 54.8 Å². The van der Waals surface area contributed by atoms with Crippen molar-refractivity contribution >= 4 is 45.0 Å². The Hall–Kier alpha value is -2.75. The zero-order chi connectivity index (χ0) is 25.2. The van der Waals surface area contributed by atoms with Gasteiger partial charge in [-0.3, -0.25) is 14.4 Å². The van der Waals surface area contributed by atoms with Crippen molar-refractivity contribution in [1.82, 2.24) is 4.90 Å². The molecule has 1 aliphatic heterocycles. The van der Waals surface area contributed by atoms with Crippen LogP contribution in [0.2, 0.25) is 5.02 Å². The number of carbonyl (C=O) groups is 3. The van der Waals surface area contributed by atoms with Crippen LogP contribution in [0.25, 0.3) is 0 Å². The average Bonchev–Trinajstić information content (AvgIpc) is 2.97. The summed E-state index contributed by atoms with van der Waals surface area (Å²) in [6.07, 6.45) is 5.64. The van der Waals surface area contributed by atoms with E-state index in [1.165, 1.54) is 24.3 Å². The molecule has 2 aromatic carbocycles. The highest BCUT2D eigenvalue weighted by molar-refractivity contribution is 7.89. The second kappa shape index (κ2) is 10.5. The van der Waals surface area contributed by atoms with Crippen molar-refractivity contribution in [2.45, 2.75) is 68.3 Å². The fourth-order valence-corrected chi connectivity index (χ4v) is 5.57. The normalized spacial score (nSPS) is 19.6. The van der Waals surface area contributed by atoms with Crippen LogP contribution in [-0.2, 0) is 30.8 Å². The monoisotopic (exact) mass is 517 g/mol. The number of rotatable bonds is 6. The van der Waals surface area contributed by atoms with Crippen molar-refractivity contribution in [3.63, 3.8) is 0 Å². The molecule has 3 amide bonds. The minimum atomic E-state index is -3.91. The molecule has 186 valence electrons. The van der Waals surface area contributed by atoms with Gasteiger partial charge in [0.05, 0.1) is 23.4 Å². The molecule has 2 N–H and O–H groups in total. The number of primary sulfonamides is 1. The first-order chi connectivity index (χ1) is 16.6. The van der Waals surface area contributed by atoms with Crippen molar-refractivity contribution in [2.24, 2.45) is 5.14 Å². The predicted molar refractivity (Wildman–Crippen MR) is 132 cm³/mol. The summed E-state index contributed by atoms with van der Waals surface area (Å²) < 4.78 is 23.1. The van der Waals surface area contributed by atoms with Gasteiger partial charge in [-0.15, -0.1) is 0 Å². The largest absolute Gasteiger partial charge is 0.327 e. The first-order valence-electron chi connectivity index (χ1n) is 11.7. The van der Waals surface area contributed by atoms with Crippen LogP contribution in [0.1, 0.15) is 50.5 Å². The highest BCUT2D eigenvalue weighted by atomic mass is 35.5. The Morgan fingerprint density at radius 2 is 1.57 bits per heavy atom. The predicted octanol–water partition coefficient (Wildman–Crippen LogP) is 3.41. The van der Waals surface area contributed by atoms with Crippen LogP contribution < -0.4 is 10.0 Å². The van der Waals surface area contributed by atoms with Gasteiger partial charge in [0.25, 0.3) is 5.91 Å². The number of amides is 3. The average molecular weight is 518 g/mol. The number of sulfonamides is 1. The minimum Gasteiger partial charge on any atom is -0.327 e. The van der Waals surface area contributed by atoms with Gasteiger partial charge in [-0.25, -0.2) is 18.5 Å². The molecule has 2 aromatic rings. The fourth-order valence-electron chi connectivity index (χ4n) is 4.93. The van der Waals surface area contributed by atoms with Crippen molar-refractivity contribution in [3.8, 4) is 0 Å². The molecule has 1 saturated carbocycles. The quantitative estimate of drug-likeness (QED) is 0.465. The minimum absolute atomic E-state index is 0.106. The van der Waals surface area contributed by atoms with E-state index in [1.807, 2.05) is 0 Å². The number of benzene rings is 2. The maximum atomic E-state index is 13.6. The number of hydrogen-bond acceptors (Lipinski definition) is 5. The van der Waals surface area contributed by atoms with E-state index in [4.69, 9.17) is 16.7 Å². The van der Waals surface area contributed by atoms with Crippen molar-refractivity contribution in [3.05, 3.63) is 59.1 Å². The molecule has 0 spiro atoms. The smallest absolute Gasteiger partial charge is 0.257 e. The van der Waals surface area contributed by atoms with Gasteiger partial charge in [-0.2, -0.15) is 0 Å². The van der Waals surface area contributed by atoms with E-state index in [1.54, 1.807) is 29.2 Å². The molecule has 1 saturated heterocycles. The molecule has 8 nitrogen and oxygen atoms in total. The van der Waals surface area contributed by atoms with Crippen molar-refractivity contribution in [1.29, 1.82) is 0 Å². The van der Waals surface area contributed by atoms with Crippen LogP contribution >= 0.6 is 11.6 Å². The lowest BCUT2D eigenvalue weighted by atomic mass is 10.0. The lowest BCUT2D eigenvalue weighted by Crippen LogP contribution is -2.51. The zero-order valence-electron chi connectivity index (χ0n) is 19.2. The lowest BCUT2D eigenvalue weighted by molar-refractivity contribution is -0.140. The fraction of sp³-hybridized carbons (Fsp3) is 0.400. The SMILES string of the molecule is NS(=O)(=O)c1ccc(N2C(=O)CC(N(C(=O)Cc3ccc(Cl)cc3)C3CCCCCC3)C2=O)cc1. The van der Waals surface area contributed by atoms with Crippen LogP contribution in [0.4, 0.5) is 5.69 Å². The Morgan fingerprint density at radius 1 is 0.971 bits per heavy atom. The van der Waals surface area contributed by atoms with E-state index in [0.717, 1.165) is 49.0 Å². The maximum absolute atomic E-state index is 13.6. The summed E-state index contributed by atoms with van der Waals surface area (Å²) in [4.78, 5) is 42.6. The second-order valence-electron chi connectivity index (χ2n) is 9.08. The molecule has 1 atom stereocenters. The van der Waals surface area contributed by atoms with E-state index in [9.17, 15) is 22.8 Å². The highest BCUT2D eigenvalue weighted by Gasteiger charge is 2.46. The summed E-state index contributed by atoms with van der Waals surface area (Å²) in [6, 6.07) is 11.3. The van der Waals surface area contributed by atoms with Crippen LogP contribution in [-0.4, -0.2) is 43.1 Å². The first kappa shape index (κ1) is 25.3. The third-order valence-electron chi connectivity index (χ3n) is 6.66. The molecule has 1 aliphatic carbocycles. The second-order valence-corrected chi connectivity index (χ2v) is 11.1. The number of halogens is 1. The van der Waals surface area contributed by atoms with Crippen molar-refractivity contribution < 1.29 is 22.8 Å². The van der Waals surface area contributed by atoms with E-state index < -0.39 is 27.9 Å². The molecule has 1 unspecified atom stereocenters. The standard InChI is InChI=1S/C25H28ClN3O5S/c26-18-9-7-17(8-10-18)15-23(30)28(19-5-3-1-2-4-6-19)22-16-24(31)29(25(22)32)20-11-13-21(14-12-20)35(27,33)34/h7-14,19,22H,1-6,15-16H2,(H2,27,33,34). The van der Waals surface area contributed by atoms with Gasteiger partial charge in [0.15, 0.2) is 0 Å². The Bertz CT molecular complexity index is 1210. The van der Waals surface area contributed by atoms with Gasteiger partial charge < -0.3 is 4.90 Å². The third kappa shape index (κ3) is 5.74. The van der Waals surface area contributed by atoms with Gasteiger partial charge in [0.2, 0.25) is 21.8 Å². The Morgan fingerprint density at radius 3 is 2.14 bits per heavy atom. The van der Waals surface area contributed by atoms with E-state index >= 15 is 0 Å². The maximum Gasteiger partial charge on any atom is 0.257 e. The molecule has 35 heavy (non-hydrogen) atoms. The molecule has 0 radical (unpaired) electrons.